The fraction of sp³-hybridized carbons (Fsp3) is 0.118. The molecule has 0 atom stereocenters. The number of hydrogen-bond donors (Lipinski definition) is 0. The average molecular weight is 345 g/mol. The van der Waals surface area contributed by atoms with E-state index in [0.717, 1.165) is 10.6 Å². The van der Waals surface area contributed by atoms with Gasteiger partial charge in [0.25, 0.3) is 0 Å². The third kappa shape index (κ3) is 3.75. The molecule has 0 radical (unpaired) electrons. The first-order valence-corrected chi connectivity index (χ1v) is 8.13. The molecule has 23 heavy (non-hydrogen) atoms. The third-order valence-electron chi connectivity index (χ3n) is 3.15. The van der Waals surface area contributed by atoms with E-state index in [-0.39, 0.29) is 12.6 Å². The Bertz CT molecular complexity index is 816. The van der Waals surface area contributed by atoms with Gasteiger partial charge in [0, 0.05) is 16.8 Å². The van der Waals surface area contributed by atoms with Crippen molar-refractivity contribution >= 4 is 28.9 Å². The van der Waals surface area contributed by atoms with Crippen LogP contribution in [-0.2, 0) is 11.3 Å². The van der Waals surface area contributed by atoms with Crippen molar-refractivity contribution in [1.29, 1.82) is 0 Å². The maximum Gasteiger partial charge on any atom is 0.350 e. The summed E-state index contributed by atoms with van der Waals surface area (Å²) in [4.78, 5) is 21.3. The van der Waals surface area contributed by atoms with Crippen molar-refractivity contribution in [1.82, 2.24) is 9.97 Å². The third-order valence-corrected chi connectivity index (χ3v) is 4.59. The second-order valence-electron chi connectivity index (χ2n) is 4.84. The first kappa shape index (κ1) is 15.6. The molecule has 0 N–H and O–H groups in total. The minimum atomic E-state index is -0.383. The van der Waals surface area contributed by atoms with Crippen molar-refractivity contribution < 1.29 is 9.53 Å². The van der Waals surface area contributed by atoms with Gasteiger partial charge in [-0.2, -0.15) is 0 Å². The first-order chi connectivity index (χ1) is 11.1. The van der Waals surface area contributed by atoms with E-state index in [9.17, 15) is 4.79 Å². The van der Waals surface area contributed by atoms with Crippen LogP contribution in [0.15, 0.2) is 48.7 Å². The highest BCUT2D eigenvalue weighted by Crippen LogP contribution is 2.29. The Balaban J connectivity index is 1.75. The number of halogens is 1. The van der Waals surface area contributed by atoms with Crippen LogP contribution in [0.1, 0.15) is 21.1 Å². The average Bonchev–Trinajstić information content (AvgIpc) is 2.96. The summed E-state index contributed by atoms with van der Waals surface area (Å²) in [7, 11) is 0. The number of pyridine rings is 1. The van der Waals surface area contributed by atoms with Gasteiger partial charge in [0.2, 0.25) is 0 Å². The van der Waals surface area contributed by atoms with E-state index in [4.69, 9.17) is 16.3 Å². The summed E-state index contributed by atoms with van der Waals surface area (Å²) < 4.78 is 5.31. The van der Waals surface area contributed by atoms with Gasteiger partial charge < -0.3 is 4.74 Å². The van der Waals surface area contributed by atoms with Crippen LogP contribution in [0, 0.1) is 6.92 Å². The van der Waals surface area contributed by atoms with Gasteiger partial charge in [-0.3, -0.25) is 4.98 Å². The SMILES string of the molecule is Cc1nc(-c2ccc(Cl)cc2)sc1C(=O)OCc1ccccn1. The van der Waals surface area contributed by atoms with Crippen LogP contribution >= 0.6 is 22.9 Å². The lowest BCUT2D eigenvalue weighted by molar-refractivity contribution is 0.0472. The van der Waals surface area contributed by atoms with Gasteiger partial charge in [0.1, 0.15) is 16.5 Å². The molecule has 1 aromatic carbocycles. The fourth-order valence-electron chi connectivity index (χ4n) is 1.99. The number of ether oxygens (including phenoxy) is 1. The topological polar surface area (TPSA) is 52.1 Å². The lowest BCUT2D eigenvalue weighted by Gasteiger charge is -2.02. The predicted molar refractivity (Wildman–Crippen MR) is 90.7 cm³/mol. The maximum absolute atomic E-state index is 12.2. The van der Waals surface area contributed by atoms with Crippen molar-refractivity contribution in [3.63, 3.8) is 0 Å². The summed E-state index contributed by atoms with van der Waals surface area (Å²) in [6, 6.07) is 12.8. The molecule has 0 bridgehead atoms. The number of nitrogens with zero attached hydrogens (tertiary/aromatic N) is 2. The molecule has 3 aromatic rings. The van der Waals surface area contributed by atoms with E-state index in [0.29, 0.717) is 21.3 Å². The monoisotopic (exact) mass is 344 g/mol. The van der Waals surface area contributed by atoms with Crippen LogP contribution in [0.3, 0.4) is 0 Å². The van der Waals surface area contributed by atoms with Crippen molar-refractivity contribution in [2.75, 3.05) is 0 Å². The number of thiazole rings is 1. The van der Waals surface area contributed by atoms with E-state index in [1.165, 1.54) is 11.3 Å². The molecule has 0 aliphatic heterocycles. The summed E-state index contributed by atoms with van der Waals surface area (Å²) in [6.07, 6.45) is 1.67. The molecular formula is C17H13ClN2O2S. The van der Waals surface area contributed by atoms with E-state index in [1.54, 1.807) is 25.3 Å². The van der Waals surface area contributed by atoms with Gasteiger partial charge in [-0.15, -0.1) is 11.3 Å². The van der Waals surface area contributed by atoms with Crippen molar-refractivity contribution in [2.45, 2.75) is 13.5 Å². The molecular weight excluding hydrogens is 332 g/mol. The number of carbonyl (C=O) groups is 1. The summed E-state index contributed by atoms with van der Waals surface area (Å²) in [5, 5.41) is 1.43. The highest BCUT2D eigenvalue weighted by Gasteiger charge is 2.17. The van der Waals surface area contributed by atoms with Crippen LogP contribution in [-0.4, -0.2) is 15.9 Å². The van der Waals surface area contributed by atoms with Crippen LogP contribution in [0.5, 0.6) is 0 Å². The van der Waals surface area contributed by atoms with Gasteiger partial charge in [0.15, 0.2) is 0 Å². The number of benzene rings is 1. The first-order valence-electron chi connectivity index (χ1n) is 6.94. The number of hydrogen-bond acceptors (Lipinski definition) is 5. The quantitative estimate of drug-likeness (QED) is 0.653. The standard InChI is InChI=1S/C17H13ClN2O2S/c1-11-15(17(21)22-10-14-4-2-3-9-19-14)23-16(20-11)12-5-7-13(18)8-6-12/h2-9H,10H2,1H3. The fourth-order valence-corrected chi connectivity index (χ4v) is 3.08. The summed E-state index contributed by atoms with van der Waals surface area (Å²) in [6.45, 7) is 1.95. The van der Waals surface area contributed by atoms with Gasteiger partial charge in [-0.1, -0.05) is 29.8 Å². The van der Waals surface area contributed by atoms with E-state index in [2.05, 4.69) is 9.97 Å². The molecule has 0 saturated carbocycles. The number of carbonyl (C=O) groups excluding carboxylic acids is 1. The molecule has 0 spiro atoms. The van der Waals surface area contributed by atoms with Crippen molar-refractivity contribution in [3.05, 3.63) is 69.9 Å². The smallest absolute Gasteiger partial charge is 0.350 e. The normalized spacial score (nSPS) is 10.5. The van der Waals surface area contributed by atoms with Gasteiger partial charge in [0.05, 0.1) is 11.4 Å². The van der Waals surface area contributed by atoms with Crippen molar-refractivity contribution in [2.24, 2.45) is 0 Å². The van der Waals surface area contributed by atoms with Crippen LogP contribution in [0.4, 0.5) is 0 Å². The zero-order chi connectivity index (χ0) is 16.2. The largest absolute Gasteiger partial charge is 0.455 e. The molecule has 116 valence electrons. The highest BCUT2D eigenvalue weighted by molar-refractivity contribution is 7.17. The Morgan fingerprint density at radius 2 is 2.00 bits per heavy atom. The Morgan fingerprint density at radius 1 is 1.22 bits per heavy atom. The highest BCUT2D eigenvalue weighted by atomic mass is 35.5. The van der Waals surface area contributed by atoms with E-state index in [1.807, 2.05) is 30.3 Å². The molecule has 3 rings (SSSR count). The zero-order valence-electron chi connectivity index (χ0n) is 12.3. The van der Waals surface area contributed by atoms with Gasteiger partial charge in [-0.05, 0) is 31.2 Å². The Morgan fingerprint density at radius 3 is 2.70 bits per heavy atom. The lowest BCUT2D eigenvalue weighted by atomic mass is 10.2. The molecule has 0 saturated heterocycles. The maximum atomic E-state index is 12.2. The molecule has 0 fully saturated rings. The van der Waals surface area contributed by atoms with Gasteiger partial charge in [-0.25, -0.2) is 9.78 Å². The number of rotatable bonds is 4. The summed E-state index contributed by atoms with van der Waals surface area (Å²) in [5.41, 5.74) is 2.29. The lowest BCUT2D eigenvalue weighted by Crippen LogP contribution is -2.05. The predicted octanol–water partition coefficient (Wildman–Crippen LogP) is 4.52. The number of aromatic nitrogens is 2. The van der Waals surface area contributed by atoms with Crippen molar-refractivity contribution in [3.8, 4) is 10.6 Å². The van der Waals surface area contributed by atoms with Gasteiger partial charge >= 0.3 is 5.97 Å². The second-order valence-corrected chi connectivity index (χ2v) is 6.27. The molecule has 0 amide bonds. The summed E-state index contributed by atoms with van der Waals surface area (Å²) in [5.74, 6) is -0.383. The molecule has 0 aliphatic rings. The molecule has 2 aromatic heterocycles. The number of esters is 1. The Labute approximate surface area is 142 Å². The minimum Gasteiger partial charge on any atom is -0.455 e. The summed E-state index contributed by atoms with van der Waals surface area (Å²) >= 11 is 7.20. The minimum absolute atomic E-state index is 0.146. The van der Waals surface area contributed by atoms with Crippen LogP contribution in [0.25, 0.3) is 10.6 Å². The van der Waals surface area contributed by atoms with Crippen LogP contribution < -0.4 is 0 Å². The van der Waals surface area contributed by atoms with Crippen LogP contribution in [0.2, 0.25) is 5.02 Å². The second kappa shape index (κ2) is 6.89. The van der Waals surface area contributed by atoms with E-state index < -0.39 is 0 Å². The molecule has 4 nitrogen and oxygen atoms in total. The molecule has 0 aliphatic carbocycles. The molecule has 0 unspecified atom stereocenters. The zero-order valence-corrected chi connectivity index (χ0v) is 13.9. The number of aryl methyl sites for hydroxylation is 1. The molecule has 6 heteroatoms. The molecule has 2 heterocycles. The van der Waals surface area contributed by atoms with E-state index >= 15 is 0 Å². The Hall–Kier alpha value is -2.24. The Kier molecular flexibility index (Phi) is 4.69.